The molecule has 5 heteroatoms. The first-order valence-corrected chi connectivity index (χ1v) is 7.20. The highest BCUT2D eigenvalue weighted by atomic mass is 35.5. The van der Waals surface area contributed by atoms with Crippen LogP contribution < -0.4 is 5.32 Å². The van der Waals surface area contributed by atoms with Gasteiger partial charge < -0.3 is 5.32 Å². The maximum absolute atomic E-state index is 12.1. The number of aliphatic imine (C=N–C) groups is 1. The van der Waals surface area contributed by atoms with Gasteiger partial charge in [0.05, 0.1) is 0 Å². The molecule has 1 aliphatic rings. The van der Waals surface area contributed by atoms with Crippen molar-refractivity contribution >= 4 is 34.9 Å². The molecule has 1 aromatic rings. The van der Waals surface area contributed by atoms with E-state index in [-0.39, 0.29) is 5.91 Å². The SMILES string of the molecule is CCC1(CC)N=C(c2ccccc2C(Cl)Cl)NC1=O. The smallest absolute Gasteiger partial charge is 0.253 e. The molecule has 0 fully saturated rings. The van der Waals surface area contributed by atoms with Gasteiger partial charge in [-0.05, 0) is 18.4 Å². The highest BCUT2D eigenvalue weighted by Crippen LogP contribution is 2.31. The van der Waals surface area contributed by atoms with Crippen molar-refractivity contribution in [1.29, 1.82) is 0 Å². The molecule has 0 aromatic heterocycles. The third kappa shape index (κ3) is 2.49. The third-order valence-electron chi connectivity index (χ3n) is 3.60. The summed E-state index contributed by atoms with van der Waals surface area (Å²) in [4.78, 5) is 16.1. The van der Waals surface area contributed by atoms with Crippen molar-refractivity contribution in [2.75, 3.05) is 0 Å². The van der Waals surface area contributed by atoms with Crippen LogP contribution in [0.2, 0.25) is 0 Å². The minimum Gasteiger partial charge on any atom is -0.308 e. The number of nitrogens with zero attached hydrogens (tertiary/aromatic N) is 1. The Morgan fingerprint density at radius 2 is 1.89 bits per heavy atom. The Morgan fingerprint density at radius 1 is 1.26 bits per heavy atom. The monoisotopic (exact) mass is 298 g/mol. The number of benzene rings is 1. The van der Waals surface area contributed by atoms with Gasteiger partial charge in [-0.3, -0.25) is 9.79 Å². The Balaban J connectivity index is 2.47. The lowest BCUT2D eigenvalue weighted by molar-refractivity contribution is -0.123. The number of carbonyl (C=O) groups excluding carboxylic acids is 1. The molecule has 1 N–H and O–H groups in total. The van der Waals surface area contributed by atoms with Crippen LogP contribution in [0.1, 0.15) is 42.7 Å². The summed E-state index contributed by atoms with van der Waals surface area (Å²) in [7, 11) is 0. The Labute approximate surface area is 123 Å². The number of hydrogen-bond acceptors (Lipinski definition) is 2. The molecule has 0 spiro atoms. The maximum Gasteiger partial charge on any atom is 0.253 e. The van der Waals surface area contributed by atoms with Gasteiger partial charge in [-0.25, -0.2) is 0 Å². The third-order valence-corrected chi connectivity index (χ3v) is 4.07. The van der Waals surface area contributed by atoms with E-state index in [1.54, 1.807) is 0 Å². The van der Waals surface area contributed by atoms with Crippen LogP contribution in [-0.2, 0) is 4.79 Å². The van der Waals surface area contributed by atoms with Crippen molar-refractivity contribution in [2.24, 2.45) is 4.99 Å². The van der Waals surface area contributed by atoms with Crippen molar-refractivity contribution in [3.63, 3.8) is 0 Å². The lowest BCUT2D eigenvalue weighted by atomic mass is 9.94. The molecule has 1 heterocycles. The van der Waals surface area contributed by atoms with Gasteiger partial charge in [0.2, 0.25) is 0 Å². The molecule has 102 valence electrons. The normalized spacial score (nSPS) is 17.5. The van der Waals surface area contributed by atoms with Crippen LogP contribution >= 0.6 is 23.2 Å². The van der Waals surface area contributed by atoms with Crippen LogP contribution in [0.25, 0.3) is 0 Å². The number of rotatable bonds is 4. The van der Waals surface area contributed by atoms with Crippen molar-refractivity contribution in [3.05, 3.63) is 35.4 Å². The second kappa shape index (κ2) is 5.51. The van der Waals surface area contributed by atoms with E-state index in [9.17, 15) is 4.79 Å². The van der Waals surface area contributed by atoms with E-state index in [1.165, 1.54) is 0 Å². The first-order chi connectivity index (χ1) is 9.04. The summed E-state index contributed by atoms with van der Waals surface area (Å²) in [5.74, 6) is 0.513. The second-order valence-electron chi connectivity index (χ2n) is 4.54. The lowest BCUT2D eigenvalue weighted by Gasteiger charge is -2.18. The number of halogens is 2. The maximum atomic E-state index is 12.1. The summed E-state index contributed by atoms with van der Waals surface area (Å²) in [6, 6.07) is 7.45. The fourth-order valence-corrected chi connectivity index (χ4v) is 2.66. The van der Waals surface area contributed by atoms with E-state index in [0.717, 1.165) is 11.1 Å². The van der Waals surface area contributed by atoms with Crippen LogP contribution in [0.3, 0.4) is 0 Å². The van der Waals surface area contributed by atoms with Crippen molar-refractivity contribution in [2.45, 2.75) is 37.1 Å². The molecule has 0 bridgehead atoms. The van der Waals surface area contributed by atoms with Crippen LogP contribution in [0.5, 0.6) is 0 Å². The summed E-state index contributed by atoms with van der Waals surface area (Å²) in [6.45, 7) is 3.93. The molecule has 0 unspecified atom stereocenters. The Kier molecular flexibility index (Phi) is 4.16. The largest absolute Gasteiger partial charge is 0.308 e. The van der Waals surface area contributed by atoms with Crippen LogP contribution in [0, 0.1) is 0 Å². The van der Waals surface area contributed by atoms with E-state index in [4.69, 9.17) is 23.2 Å². The Bertz CT molecular complexity index is 522. The van der Waals surface area contributed by atoms with Gasteiger partial charge in [0.25, 0.3) is 5.91 Å². The van der Waals surface area contributed by atoms with Gasteiger partial charge in [0, 0.05) is 5.56 Å². The lowest BCUT2D eigenvalue weighted by Crippen LogP contribution is -2.38. The molecule has 1 aromatic carbocycles. The number of nitrogens with one attached hydrogen (secondary N) is 1. The molecule has 0 aliphatic carbocycles. The fraction of sp³-hybridized carbons (Fsp3) is 0.429. The van der Waals surface area contributed by atoms with Gasteiger partial charge in [-0.1, -0.05) is 38.1 Å². The molecule has 0 atom stereocenters. The minimum absolute atomic E-state index is 0.0528. The fourth-order valence-electron chi connectivity index (χ4n) is 2.28. The second-order valence-corrected chi connectivity index (χ2v) is 5.64. The highest BCUT2D eigenvalue weighted by Gasteiger charge is 2.41. The molecular weight excluding hydrogens is 283 g/mol. The number of amidine groups is 1. The molecular formula is C14H16Cl2N2O. The van der Waals surface area contributed by atoms with Gasteiger partial charge >= 0.3 is 0 Å². The molecule has 19 heavy (non-hydrogen) atoms. The Hall–Kier alpha value is -1.06. The zero-order valence-electron chi connectivity index (χ0n) is 10.9. The molecule has 0 saturated carbocycles. The Morgan fingerprint density at radius 3 is 2.42 bits per heavy atom. The molecule has 3 nitrogen and oxygen atoms in total. The average molecular weight is 299 g/mol. The molecule has 1 amide bonds. The van der Waals surface area contributed by atoms with Crippen LogP contribution in [-0.4, -0.2) is 17.3 Å². The quantitative estimate of drug-likeness (QED) is 0.848. The number of hydrogen-bond donors (Lipinski definition) is 1. The van der Waals surface area contributed by atoms with Gasteiger partial charge in [-0.15, -0.1) is 23.2 Å². The van der Waals surface area contributed by atoms with E-state index in [2.05, 4.69) is 10.3 Å². The average Bonchev–Trinajstić information content (AvgIpc) is 2.76. The standard InChI is InChI=1S/C14H16Cl2N2O/c1-3-14(4-2)13(19)17-12(18-14)10-8-6-5-7-9(10)11(15)16/h5-8,11H,3-4H2,1-2H3,(H,17,18,19). The molecule has 0 radical (unpaired) electrons. The number of carbonyl (C=O) groups is 1. The predicted molar refractivity (Wildman–Crippen MR) is 78.9 cm³/mol. The summed E-state index contributed by atoms with van der Waals surface area (Å²) < 4.78 is 0. The first-order valence-electron chi connectivity index (χ1n) is 6.33. The number of alkyl halides is 2. The zero-order chi connectivity index (χ0) is 14.0. The molecule has 0 saturated heterocycles. The number of amides is 1. The molecule has 2 rings (SSSR count). The predicted octanol–water partition coefficient (Wildman–Crippen LogP) is 3.60. The summed E-state index contributed by atoms with van der Waals surface area (Å²) in [5, 5.41) is 2.85. The topological polar surface area (TPSA) is 41.5 Å². The summed E-state index contributed by atoms with van der Waals surface area (Å²) >= 11 is 11.9. The summed E-state index contributed by atoms with van der Waals surface area (Å²) in [6.07, 6.45) is 1.35. The van der Waals surface area contributed by atoms with Gasteiger partial charge in [-0.2, -0.15) is 0 Å². The highest BCUT2D eigenvalue weighted by molar-refractivity contribution is 6.44. The van der Waals surface area contributed by atoms with Gasteiger partial charge in [0.15, 0.2) is 0 Å². The van der Waals surface area contributed by atoms with Crippen LogP contribution in [0.4, 0.5) is 0 Å². The van der Waals surface area contributed by atoms with E-state index in [1.807, 2.05) is 38.1 Å². The van der Waals surface area contributed by atoms with Crippen molar-refractivity contribution in [3.8, 4) is 0 Å². The van der Waals surface area contributed by atoms with Crippen molar-refractivity contribution < 1.29 is 4.79 Å². The molecule has 1 aliphatic heterocycles. The van der Waals surface area contributed by atoms with E-state index < -0.39 is 10.4 Å². The minimum atomic E-state index is -0.656. The van der Waals surface area contributed by atoms with Gasteiger partial charge in [0.1, 0.15) is 16.2 Å². The first kappa shape index (κ1) is 14.4. The summed E-state index contributed by atoms with van der Waals surface area (Å²) in [5.41, 5.74) is 0.888. The van der Waals surface area contributed by atoms with E-state index in [0.29, 0.717) is 18.7 Å². The van der Waals surface area contributed by atoms with Crippen molar-refractivity contribution in [1.82, 2.24) is 5.32 Å². The van der Waals surface area contributed by atoms with Crippen LogP contribution in [0.15, 0.2) is 29.3 Å². The van der Waals surface area contributed by atoms with E-state index >= 15 is 0 Å². The zero-order valence-corrected chi connectivity index (χ0v) is 12.4.